The molecule has 2 N–H and O–H groups in total. The van der Waals surface area contributed by atoms with E-state index in [0.29, 0.717) is 11.4 Å². The number of fused-ring (bicyclic) bond motifs is 2. The summed E-state index contributed by atoms with van der Waals surface area (Å²) in [6.07, 6.45) is 0. The van der Waals surface area contributed by atoms with Crippen molar-refractivity contribution in [2.45, 2.75) is 13.5 Å². The standard InChI is InChI=1S/C16H15N5OS/c1-9-10-7-13(23-16(10)21(2)20-9)15(22)17-8-14-18-11-5-3-4-6-12(11)19-14/h3-7H,8H2,1-2H3,(H,17,22)(H,18,19). The van der Waals surface area contributed by atoms with Gasteiger partial charge in [-0.25, -0.2) is 4.98 Å². The molecule has 0 saturated carbocycles. The average molecular weight is 325 g/mol. The van der Waals surface area contributed by atoms with Crippen molar-refractivity contribution in [3.8, 4) is 0 Å². The summed E-state index contributed by atoms with van der Waals surface area (Å²) in [5.74, 6) is 0.657. The second-order valence-corrected chi connectivity index (χ2v) is 6.45. The van der Waals surface area contributed by atoms with E-state index in [9.17, 15) is 4.79 Å². The Morgan fingerprint density at radius 3 is 3.00 bits per heavy atom. The zero-order chi connectivity index (χ0) is 16.0. The van der Waals surface area contributed by atoms with Gasteiger partial charge in [0.05, 0.1) is 28.1 Å². The van der Waals surface area contributed by atoms with Crippen molar-refractivity contribution in [1.29, 1.82) is 0 Å². The Morgan fingerprint density at radius 1 is 1.39 bits per heavy atom. The van der Waals surface area contributed by atoms with Crippen LogP contribution in [0.3, 0.4) is 0 Å². The van der Waals surface area contributed by atoms with Gasteiger partial charge in [0, 0.05) is 12.4 Å². The monoisotopic (exact) mass is 325 g/mol. The lowest BCUT2D eigenvalue weighted by atomic mass is 10.3. The number of para-hydroxylation sites is 2. The van der Waals surface area contributed by atoms with E-state index in [1.165, 1.54) is 11.3 Å². The van der Waals surface area contributed by atoms with E-state index in [2.05, 4.69) is 20.4 Å². The fraction of sp³-hybridized carbons (Fsp3) is 0.188. The van der Waals surface area contributed by atoms with Crippen molar-refractivity contribution in [2.75, 3.05) is 0 Å². The average Bonchev–Trinajstić information content (AvgIpc) is 3.21. The molecule has 0 unspecified atom stereocenters. The zero-order valence-corrected chi connectivity index (χ0v) is 13.6. The number of carbonyl (C=O) groups is 1. The number of nitrogens with one attached hydrogen (secondary N) is 2. The molecule has 6 nitrogen and oxygen atoms in total. The number of aromatic amines is 1. The number of aromatic nitrogens is 4. The number of hydrogen-bond donors (Lipinski definition) is 2. The first-order valence-corrected chi connectivity index (χ1v) is 8.08. The maximum atomic E-state index is 12.4. The van der Waals surface area contributed by atoms with Crippen LogP contribution in [0.4, 0.5) is 0 Å². The first kappa shape index (κ1) is 14.0. The third-order valence-electron chi connectivity index (χ3n) is 3.77. The molecule has 116 valence electrons. The van der Waals surface area contributed by atoms with Gasteiger partial charge in [-0.15, -0.1) is 11.3 Å². The topological polar surface area (TPSA) is 75.6 Å². The molecule has 4 aromatic rings. The first-order chi connectivity index (χ1) is 11.1. The highest BCUT2D eigenvalue weighted by Crippen LogP contribution is 2.27. The van der Waals surface area contributed by atoms with E-state index in [1.807, 2.05) is 49.0 Å². The molecule has 0 bridgehead atoms. The second kappa shape index (κ2) is 5.20. The molecule has 23 heavy (non-hydrogen) atoms. The molecule has 0 aliphatic rings. The molecular formula is C16H15N5OS. The SMILES string of the molecule is Cc1nn(C)c2sc(C(=O)NCc3nc4ccccc4[nH]3)cc12. The quantitative estimate of drug-likeness (QED) is 0.608. The minimum Gasteiger partial charge on any atom is -0.344 e. The summed E-state index contributed by atoms with van der Waals surface area (Å²) in [7, 11) is 1.89. The van der Waals surface area contributed by atoms with Crippen LogP contribution in [0.1, 0.15) is 21.2 Å². The Labute approximate surface area is 136 Å². The highest BCUT2D eigenvalue weighted by molar-refractivity contribution is 7.20. The molecule has 3 aromatic heterocycles. The summed E-state index contributed by atoms with van der Waals surface area (Å²) < 4.78 is 1.81. The molecule has 1 aromatic carbocycles. The van der Waals surface area contributed by atoms with E-state index in [4.69, 9.17) is 0 Å². The number of nitrogens with zero attached hydrogens (tertiary/aromatic N) is 3. The van der Waals surface area contributed by atoms with Crippen molar-refractivity contribution in [1.82, 2.24) is 25.1 Å². The summed E-state index contributed by atoms with van der Waals surface area (Å²) in [4.78, 5) is 21.7. The predicted molar refractivity (Wildman–Crippen MR) is 90.6 cm³/mol. The van der Waals surface area contributed by atoms with Crippen molar-refractivity contribution in [3.63, 3.8) is 0 Å². The van der Waals surface area contributed by atoms with Gasteiger partial charge >= 0.3 is 0 Å². The largest absolute Gasteiger partial charge is 0.344 e. The van der Waals surface area contributed by atoms with Gasteiger partial charge in [0.15, 0.2) is 0 Å². The van der Waals surface area contributed by atoms with E-state index in [-0.39, 0.29) is 5.91 Å². The van der Waals surface area contributed by atoms with Crippen molar-refractivity contribution < 1.29 is 4.79 Å². The van der Waals surface area contributed by atoms with Gasteiger partial charge in [0.1, 0.15) is 10.7 Å². The fourth-order valence-corrected chi connectivity index (χ4v) is 3.70. The number of hydrogen-bond acceptors (Lipinski definition) is 4. The Hall–Kier alpha value is -2.67. The van der Waals surface area contributed by atoms with Gasteiger partial charge in [-0.3, -0.25) is 9.48 Å². The van der Waals surface area contributed by atoms with Crippen LogP contribution in [-0.4, -0.2) is 25.7 Å². The number of amides is 1. The second-order valence-electron chi connectivity index (χ2n) is 5.42. The summed E-state index contributed by atoms with van der Waals surface area (Å²) in [6, 6.07) is 9.71. The molecule has 4 rings (SSSR count). The van der Waals surface area contributed by atoms with Crippen LogP contribution < -0.4 is 5.32 Å². The van der Waals surface area contributed by atoms with Crippen molar-refractivity contribution in [3.05, 3.63) is 46.7 Å². The van der Waals surface area contributed by atoms with Crippen LogP contribution in [-0.2, 0) is 13.6 Å². The summed E-state index contributed by atoms with van der Waals surface area (Å²) in [5, 5.41) is 8.30. The molecule has 0 saturated heterocycles. The molecule has 3 heterocycles. The van der Waals surface area contributed by atoms with E-state index in [1.54, 1.807) is 0 Å². The predicted octanol–water partition coefficient (Wildman–Crippen LogP) is 2.75. The number of imidazole rings is 1. The van der Waals surface area contributed by atoms with Crippen LogP contribution >= 0.6 is 11.3 Å². The third kappa shape index (κ3) is 2.39. The number of H-pyrrole nitrogens is 1. The van der Waals surface area contributed by atoms with Gasteiger partial charge in [-0.2, -0.15) is 5.10 Å². The van der Waals surface area contributed by atoms with Gasteiger partial charge in [-0.05, 0) is 25.1 Å². The highest BCUT2D eigenvalue weighted by atomic mass is 32.1. The van der Waals surface area contributed by atoms with Gasteiger partial charge in [0.25, 0.3) is 5.91 Å². The van der Waals surface area contributed by atoms with E-state index < -0.39 is 0 Å². The molecule has 0 atom stereocenters. The van der Waals surface area contributed by atoms with Crippen LogP contribution in [0.15, 0.2) is 30.3 Å². The molecule has 0 spiro atoms. The number of rotatable bonds is 3. The summed E-state index contributed by atoms with van der Waals surface area (Å²) in [5.41, 5.74) is 2.82. The molecule has 0 fully saturated rings. The van der Waals surface area contributed by atoms with E-state index in [0.717, 1.165) is 32.8 Å². The molecule has 0 radical (unpaired) electrons. The molecule has 1 amide bonds. The lowest BCUT2D eigenvalue weighted by Gasteiger charge is -2.00. The van der Waals surface area contributed by atoms with Crippen LogP contribution in [0.2, 0.25) is 0 Å². The lowest BCUT2D eigenvalue weighted by molar-refractivity contribution is 0.0954. The summed E-state index contributed by atoms with van der Waals surface area (Å²) in [6.45, 7) is 2.32. The Morgan fingerprint density at radius 2 is 2.22 bits per heavy atom. The van der Waals surface area contributed by atoms with Gasteiger partial charge in [0.2, 0.25) is 0 Å². The number of thiophene rings is 1. The Bertz CT molecular complexity index is 958. The highest BCUT2D eigenvalue weighted by Gasteiger charge is 2.15. The van der Waals surface area contributed by atoms with Crippen LogP contribution in [0, 0.1) is 6.92 Å². The first-order valence-electron chi connectivity index (χ1n) is 7.27. The van der Waals surface area contributed by atoms with Crippen molar-refractivity contribution >= 4 is 38.5 Å². The molecule has 0 aliphatic heterocycles. The number of benzene rings is 1. The Balaban J connectivity index is 1.53. The third-order valence-corrected chi connectivity index (χ3v) is 4.98. The maximum absolute atomic E-state index is 12.4. The van der Waals surface area contributed by atoms with Gasteiger partial charge in [-0.1, -0.05) is 12.1 Å². The normalized spacial score (nSPS) is 11.4. The smallest absolute Gasteiger partial charge is 0.261 e. The van der Waals surface area contributed by atoms with Crippen molar-refractivity contribution in [2.24, 2.45) is 7.05 Å². The molecule has 7 heteroatoms. The number of carbonyl (C=O) groups excluding carboxylic acids is 1. The Kier molecular flexibility index (Phi) is 3.16. The lowest BCUT2D eigenvalue weighted by Crippen LogP contribution is -2.22. The van der Waals surface area contributed by atoms with Crippen LogP contribution in [0.5, 0.6) is 0 Å². The maximum Gasteiger partial charge on any atom is 0.261 e. The number of aryl methyl sites for hydroxylation is 2. The van der Waals surface area contributed by atoms with Crippen LogP contribution in [0.25, 0.3) is 21.3 Å². The molecular weight excluding hydrogens is 310 g/mol. The minimum atomic E-state index is -0.0916. The summed E-state index contributed by atoms with van der Waals surface area (Å²) >= 11 is 1.45. The van der Waals surface area contributed by atoms with Gasteiger partial charge < -0.3 is 10.3 Å². The minimum absolute atomic E-state index is 0.0916. The molecule has 0 aliphatic carbocycles. The zero-order valence-electron chi connectivity index (χ0n) is 12.8. The van der Waals surface area contributed by atoms with E-state index >= 15 is 0 Å². The fourth-order valence-electron chi connectivity index (χ4n) is 2.66.